The number of para-hydroxylation sites is 1. The van der Waals surface area contributed by atoms with Crippen molar-refractivity contribution in [3.05, 3.63) is 89.5 Å². The first kappa shape index (κ1) is 22.0. The van der Waals surface area contributed by atoms with Crippen molar-refractivity contribution in [3.8, 4) is 0 Å². The van der Waals surface area contributed by atoms with Gasteiger partial charge in [0.1, 0.15) is 0 Å². The zero-order valence-corrected chi connectivity index (χ0v) is 19.1. The van der Waals surface area contributed by atoms with Crippen LogP contribution in [0, 0.1) is 6.92 Å². The zero-order chi connectivity index (χ0) is 22.5. The van der Waals surface area contributed by atoms with Gasteiger partial charge in [0, 0.05) is 34.5 Å². The van der Waals surface area contributed by atoms with Gasteiger partial charge in [-0.1, -0.05) is 43.3 Å². The van der Waals surface area contributed by atoms with Crippen LogP contribution >= 0.6 is 11.8 Å². The van der Waals surface area contributed by atoms with E-state index >= 15 is 0 Å². The van der Waals surface area contributed by atoms with Crippen LogP contribution in [0.15, 0.2) is 77.7 Å². The van der Waals surface area contributed by atoms with Crippen molar-refractivity contribution in [3.63, 3.8) is 0 Å². The van der Waals surface area contributed by atoms with Gasteiger partial charge in [0.05, 0.1) is 5.69 Å². The van der Waals surface area contributed by atoms with E-state index in [2.05, 4.69) is 36.6 Å². The minimum atomic E-state index is -0.167. The number of rotatable bonds is 5. The molecule has 5 nitrogen and oxygen atoms in total. The number of hydrogen-bond donors (Lipinski definition) is 2. The van der Waals surface area contributed by atoms with Crippen molar-refractivity contribution in [2.75, 3.05) is 23.3 Å². The molecule has 6 heteroatoms. The molecule has 2 N–H and O–H groups in total. The number of amides is 3. The van der Waals surface area contributed by atoms with Crippen LogP contribution in [0.3, 0.4) is 0 Å². The molecule has 3 aromatic carbocycles. The second kappa shape index (κ2) is 9.92. The predicted molar refractivity (Wildman–Crippen MR) is 132 cm³/mol. The lowest BCUT2D eigenvalue weighted by molar-refractivity contribution is 0.0954. The average molecular weight is 446 g/mol. The van der Waals surface area contributed by atoms with Crippen LogP contribution < -0.4 is 15.5 Å². The second-order valence-electron chi connectivity index (χ2n) is 7.95. The first-order valence-corrected chi connectivity index (χ1v) is 11.7. The molecular formula is C26H27N3O2S. The van der Waals surface area contributed by atoms with Crippen LogP contribution in [0.5, 0.6) is 0 Å². The quantitative estimate of drug-likeness (QED) is 0.545. The van der Waals surface area contributed by atoms with E-state index in [1.54, 1.807) is 40.9 Å². The molecule has 0 radical (unpaired) electrons. The van der Waals surface area contributed by atoms with Gasteiger partial charge in [0.2, 0.25) is 0 Å². The van der Waals surface area contributed by atoms with E-state index in [1.165, 1.54) is 11.1 Å². The van der Waals surface area contributed by atoms with Crippen molar-refractivity contribution in [2.24, 2.45) is 0 Å². The highest BCUT2D eigenvalue weighted by molar-refractivity contribution is 8.00. The molecule has 32 heavy (non-hydrogen) atoms. The lowest BCUT2D eigenvalue weighted by Gasteiger charge is -2.32. The number of thioether (sulfide) groups is 1. The maximum absolute atomic E-state index is 12.9. The molecule has 0 spiro atoms. The van der Waals surface area contributed by atoms with Crippen molar-refractivity contribution < 1.29 is 9.59 Å². The Kier molecular flexibility index (Phi) is 6.81. The Morgan fingerprint density at radius 2 is 1.72 bits per heavy atom. The van der Waals surface area contributed by atoms with Gasteiger partial charge in [-0.15, -0.1) is 11.8 Å². The maximum atomic E-state index is 12.9. The Bertz CT molecular complexity index is 1110. The summed E-state index contributed by atoms with van der Waals surface area (Å²) in [5, 5.41) is 6.24. The number of nitrogens with zero attached hydrogens (tertiary/aromatic N) is 1. The fourth-order valence-corrected chi connectivity index (χ4v) is 4.89. The average Bonchev–Trinajstić information content (AvgIpc) is 2.80. The van der Waals surface area contributed by atoms with E-state index in [0.717, 1.165) is 17.0 Å². The van der Waals surface area contributed by atoms with Crippen LogP contribution in [-0.2, 0) is 6.42 Å². The topological polar surface area (TPSA) is 61.4 Å². The molecule has 0 saturated carbocycles. The molecule has 0 bridgehead atoms. The Morgan fingerprint density at radius 1 is 1.00 bits per heavy atom. The fraction of sp³-hybridized carbons (Fsp3) is 0.231. The monoisotopic (exact) mass is 445 g/mol. The third-order valence-electron chi connectivity index (χ3n) is 5.51. The van der Waals surface area contributed by atoms with E-state index in [-0.39, 0.29) is 11.9 Å². The van der Waals surface area contributed by atoms with Gasteiger partial charge >= 0.3 is 6.03 Å². The minimum absolute atomic E-state index is 0.118. The number of carbonyl (C=O) groups is 2. The number of hydrogen-bond acceptors (Lipinski definition) is 3. The summed E-state index contributed by atoms with van der Waals surface area (Å²) >= 11 is 1.78. The summed E-state index contributed by atoms with van der Waals surface area (Å²) in [6.45, 7) is 5.42. The second-order valence-corrected chi connectivity index (χ2v) is 9.43. The van der Waals surface area contributed by atoms with Gasteiger partial charge in [-0.3, -0.25) is 9.69 Å². The molecule has 1 aliphatic heterocycles. The van der Waals surface area contributed by atoms with Crippen molar-refractivity contribution in [1.29, 1.82) is 0 Å². The van der Waals surface area contributed by atoms with Gasteiger partial charge in [-0.05, 0) is 60.9 Å². The highest BCUT2D eigenvalue weighted by Gasteiger charge is 2.26. The molecule has 0 saturated heterocycles. The molecule has 0 unspecified atom stereocenters. The molecule has 1 aliphatic rings. The molecule has 0 aromatic heterocycles. The van der Waals surface area contributed by atoms with E-state index in [0.29, 0.717) is 29.6 Å². The number of anilines is 2. The summed E-state index contributed by atoms with van der Waals surface area (Å²) in [5.74, 6) is -0.118. The van der Waals surface area contributed by atoms with Crippen LogP contribution in [0.4, 0.5) is 16.2 Å². The smallest absolute Gasteiger partial charge is 0.326 e. The summed E-state index contributed by atoms with van der Waals surface area (Å²) in [5.41, 5.74) is 4.62. The summed E-state index contributed by atoms with van der Waals surface area (Å²) in [4.78, 5) is 28.3. The number of urea groups is 1. The summed E-state index contributed by atoms with van der Waals surface area (Å²) in [7, 11) is 0. The van der Waals surface area contributed by atoms with Gasteiger partial charge in [-0.2, -0.15) is 0 Å². The normalized spacial score (nSPS) is 15.1. The first-order chi connectivity index (χ1) is 15.5. The van der Waals surface area contributed by atoms with Crippen LogP contribution in [0.25, 0.3) is 0 Å². The standard InChI is InChI=1S/C26H27N3O2S/c1-18-7-3-4-8-20(18)15-16-27-25(30)21-11-13-22(14-12-21)28-26(31)29-17-19(2)32-24-10-6-5-9-23(24)29/h3-14,19H,15-17H2,1-2H3,(H,27,30)(H,28,31)/t19-/m0/s1. The number of nitrogens with one attached hydrogen (secondary N) is 2. The molecule has 0 fully saturated rings. The van der Waals surface area contributed by atoms with Gasteiger partial charge in [0.25, 0.3) is 5.91 Å². The van der Waals surface area contributed by atoms with E-state index < -0.39 is 0 Å². The van der Waals surface area contributed by atoms with Gasteiger partial charge in [-0.25, -0.2) is 4.79 Å². The Balaban J connectivity index is 1.34. The number of fused-ring (bicyclic) bond motifs is 1. The van der Waals surface area contributed by atoms with Crippen molar-refractivity contribution in [1.82, 2.24) is 5.32 Å². The number of aryl methyl sites for hydroxylation is 1. The number of carbonyl (C=O) groups excluding carboxylic acids is 2. The predicted octanol–water partition coefficient (Wildman–Crippen LogP) is 5.50. The van der Waals surface area contributed by atoms with E-state index in [1.807, 2.05) is 36.4 Å². The van der Waals surface area contributed by atoms with Crippen LogP contribution in [0.1, 0.15) is 28.4 Å². The molecule has 3 aromatic rings. The zero-order valence-electron chi connectivity index (χ0n) is 18.3. The number of benzene rings is 3. The van der Waals surface area contributed by atoms with E-state index in [9.17, 15) is 9.59 Å². The van der Waals surface area contributed by atoms with Gasteiger partial charge in [0.15, 0.2) is 0 Å². The molecule has 4 rings (SSSR count). The first-order valence-electron chi connectivity index (χ1n) is 10.8. The third kappa shape index (κ3) is 5.14. The van der Waals surface area contributed by atoms with Crippen LogP contribution in [0.2, 0.25) is 0 Å². The van der Waals surface area contributed by atoms with E-state index in [4.69, 9.17) is 0 Å². The molecule has 1 heterocycles. The Morgan fingerprint density at radius 3 is 2.50 bits per heavy atom. The third-order valence-corrected chi connectivity index (χ3v) is 6.66. The van der Waals surface area contributed by atoms with Gasteiger partial charge < -0.3 is 10.6 Å². The summed E-state index contributed by atoms with van der Waals surface area (Å²) in [6, 6.07) is 23.0. The largest absolute Gasteiger partial charge is 0.352 e. The highest BCUT2D eigenvalue weighted by Crippen LogP contribution is 2.38. The molecular weight excluding hydrogens is 418 g/mol. The lowest BCUT2D eigenvalue weighted by Crippen LogP contribution is -2.41. The summed E-state index contributed by atoms with van der Waals surface area (Å²) in [6.07, 6.45) is 0.792. The summed E-state index contributed by atoms with van der Waals surface area (Å²) < 4.78 is 0. The minimum Gasteiger partial charge on any atom is -0.352 e. The van der Waals surface area contributed by atoms with Crippen molar-refractivity contribution >= 4 is 35.1 Å². The maximum Gasteiger partial charge on any atom is 0.326 e. The molecule has 164 valence electrons. The molecule has 1 atom stereocenters. The highest BCUT2D eigenvalue weighted by atomic mass is 32.2. The molecule has 0 aliphatic carbocycles. The SMILES string of the molecule is Cc1ccccc1CCNC(=O)c1ccc(NC(=O)N2C[C@H](C)Sc3ccccc32)cc1. The van der Waals surface area contributed by atoms with Crippen molar-refractivity contribution in [2.45, 2.75) is 30.4 Å². The molecule has 3 amide bonds. The lowest BCUT2D eigenvalue weighted by atomic mass is 10.1. The Labute approximate surface area is 193 Å². The fourth-order valence-electron chi connectivity index (χ4n) is 3.78. The van der Waals surface area contributed by atoms with Crippen LogP contribution in [-0.4, -0.2) is 30.3 Å². The Hall–Kier alpha value is -3.25.